The fourth-order valence-electron chi connectivity index (χ4n) is 4.39. The second kappa shape index (κ2) is 6.34. The molecule has 2 aliphatic heterocycles. The number of aromatic amines is 1. The van der Waals surface area contributed by atoms with Gasteiger partial charge in [0.05, 0.1) is 11.9 Å². The summed E-state index contributed by atoms with van der Waals surface area (Å²) in [6.07, 6.45) is 7.20. The van der Waals surface area contributed by atoms with E-state index in [4.69, 9.17) is 9.47 Å². The molecule has 5 rings (SSSR count). The van der Waals surface area contributed by atoms with E-state index in [0.717, 1.165) is 48.0 Å². The largest absolute Gasteiger partial charge is 0.486 e. The van der Waals surface area contributed by atoms with Crippen LogP contribution >= 0.6 is 0 Å². The lowest BCUT2D eigenvalue weighted by Gasteiger charge is -2.23. The average molecular weight is 353 g/mol. The van der Waals surface area contributed by atoms with E-state index < -0.39 is 0 Å². The molecule has 136 valence electrons. The first-order valence-corrected chi connectivity index (χ1v) is 9.52. The Bertz CT molecular complexity index is 825. The number of hydrogen-bond acceptors (Lipinski definition) is 4. The van der Waals surface area contributed by atoms with Crippen LogP contribution in [-0.2, 0) is 4.79 Å². The molecule has 1 amide bonds. The predicted molar refractivity (Wildman–Crippen MR) is 96.3 cm³/mol. The molecule has 26 heavy (non-hydrogen) atoms. The van der Waals surface area contributed by atoms with Crippen LogP contribution in [0.3, 0.4) is 0 Å². The molecule has 0 spiro atoms. The van der Waals surface area contributed by atoms with Crippen molar-refractivity contribution in [1.82, 2.24) is 14.9 Å². The summed E-state index contributed by atoms with van der Waals surface area (Å²) >= 11 is 0. The van der Waals surface area contributed by atoms with Crippen molar-refractivity contribution in [3.05, 3.63) is 30.2 Å². The van der Waals surface area contributed by atoms with Crippen molar-refractivity contribution in [1.29, 1.82) is 0 Å². The van der Waals surface area contributed by atoms with Gasteiger partial charge >= 0.3 is 0 Å². The molecule has 1 N–H and O–H groups in total. The maximum Gasteiger partial charge on any atom is 0.223 e. The quantitative estimate of drug-likeness (QED) is 0.921. The molecule has 3 heterocycles. The Labute approximate surface area is 152 Å². The first-order chi connectivity index (χ1) is 12.8. The number of likely N-dealkylation sites (tertiary alicyclic amines) is 1. The first-order valence-electron chi connectivity index (χ1n) is 9.52. The molecule has 6 nitrogen and oxygen atoms in total. The summed E-state index contributed by atoms with van der Waals surface area (Å²) in [5.41, 5.74) is 1.97. The standard InChI is InChI=1S/C20H23N3O3/c24-19-10-14(12-23(19)15-3-1-2-4-15)20-21-11-16(22-20)13-5-6-17-18(9-13)26-8-7-25-17/h5-6,9,11,14-15H,1-4,7-8,10,12H2,(H,21,22)/t14-/m1/s1. The van der Waals surface area contributed by atoms with Crippen LogP contribution in [0.1, 0.15) is 43.8 Å². The molecular formula is C20H23N3O3. The van der Waals surface area contributed by atoms with Crippen LogP contribution in [0.4, 0.5) is 0 Å². The van der Waals surface area contributed by atoms with Crippen molar-refractivity contribution in [3.63, 3.8) is 0 Å². The zero-order chi connectivity index (χ0) is 17.5. The number of imidazole rings is 1. The number of carbonyl (C=O) groups excluding carboxylic acids is 1. The molecule has 1 atom stereocenters. The molecule has 1 saturated heterocycles. The van der Waals surface area contributed by atoms with Crippen LogP contribution in [0.2, 0.25) is 0 Å². The van der Waals surface area contributed by atoms with E-state index in [2.05, 4.69) is 14.9 Å². The van der Waals surface area contributed by atoms with E-state index in [1.807, 2.05) is 24.4 Å². The molecule has 1 aromatic carbocycles. The minimum Gasteiger partial charge on any atom is -0.486 e. The fourth-order valence-corrected chi connectivity index (χ4v) is 4.39. The monoisotopic (exact) mass is 353 g/mol. The number of aromatic nitrogens is 2. The van der Waals surface area contributed by atoms with Crippen molar-refractivity contribution in [2.45, 2.75) is 44.1 Å². The number of ether oxygens (including phenoxy) is 2. The van der Waals surface area contributed by atoms with Gasteiger partial charge in [0.1, 0.15) is 19.0 Å². The second-order valence-electron chi connectivity index (χ2n) is 7.43. The lowest BCUT2D eigenvalue weighted by molar-refractivity contribution is -0.129. The fraction of sp³-hybridized carbons (Fsp3) is 0.500. The van der Waals surface area contributed by atoms with Gasteiger partial charge in [-0.2, -0.15) is 0 Å². The van der Waals surface area contributed by atoms with E-state index in [0.29, 0.717) is 25.7 Å². The third-order valence-electron chi connectivity index (χ3n) is 5.76. The third-order valence-corrected chi connectivity index (χ3v) is 5.76. The Kier molecular flexibility index (Phi) is 3.84. The topological polar surface area (TPSA) is 67.5 Å². The van der Waals surface area contributed by atoms with E-state index in [1.165, 1.54) is 12.8 Å². The van der Waals surface area contributed by atoms with E-state index in [1.54, 1.807) is 0 Å². The molecule has 3 aliphatic rings. The number of hydrogen-bond donors (Lipinski definition) is 1. The Morgan fingerprint density at radius 2 is 1.92 bits per heavy atom. The second-order valence-corrected chi connectivity index (χ2v) is 7.43. The Hall–Kier alpha value is -2.50. The van der Waals surface area contributed by atoms with E-state index >= 15 is 0 Å². The molecule has 6 heteroatoms. The number of nitrogens with one attached hydrogen (secondary N) is 1. The Morgan fingerprint density at radius 3 is 2.77 bits per heavy atom. The normalized spacial score (nSPS) is 23.0. The van der Waals surface area contributed by atoms with Gasteiger partial charge in [0.2, 0.25) is 5.91 Å². The Morgan fingerprint density at radius 1 is 1.12 bits per heavy atom. The van der Waals surface area contributed by atoms with Gasteiger partial charge in [0.25, 0.3) is 0 Å². The van der Waals surface area contributed by atoms with Gasteiger partial charge in [-0.15, -0.1) is 0 Å². The number of benzene rings is 1. The third kappa shape index (κ3) is 2.73. The van der Waals surface area contributed by atoms with Gasteiger partial charge < -0.3 is 19.4 Å². The highest BCUT2D eigenvalue weighted by molar-refractivity contribution is 5.80. The predicted octanol–water partition coefficient (Wildman–Crippen LogP) is 3.11. The molecule has 1 aromatic heterocycles. The number of carbonyl (C=O) groups is 1. The zero-order valence-electron chi connectivity index (χ0n) is 14.7. The molecule has 2 fully saturated rings. The minimum absolute atomic E-state index is 0.161. The van der Waals surface area contributed by atoms with Crippen molar-refractivity contribution in [2.75, 3.05) is 19.8 Å². The van der Waals surface area contributed by atoms with Gasteiger partial charge in [0, 0.05) is 30.5 Å². The van der Waals surface area contributed by atoms with Gasteiger partial charge in [-0.1, -0.05) is 12.8 Å². The van der Waals surface area contributed by atoms with Crippen LogP contribution in [0, 0.1) is 0 Å². The lowest BCUT2D eigenvalue weighted by atomic mass is 10.1. The molecule has 1 saturated carbocycles. The maximum absolute atomic E-state index is 12.4. The van der Waals surface area contributed by atoms with Crippen LogP contribution in [0.5, 0.6) is 11.5 Å². The molecule has 0 bridgehead atoms. The van der Waals surface area contributed by atoms with Crippen molar-refractivity contribution in [2.24, 2.45) is 0 Å². The van der Waals surface area contributed by atoms with Gasteiger partial charge in [-0.05, 0) is 31.0 Å². The van der Waals surface area contributed by atoms with Crippen LogP contribution in [0.25, 0.3) is 11.3 Å². The number of fused-ring (bicyclic) bond motifs is 1. The summed E-state index contributed by atoms with van der Waals surface area (Å²) in [4.78, 5) is 22.5. The van der Waals surface area contributed by atoms with Crippen LogP contribution < -0.4 is 9.47 Å². The molecule has 0 unspecified atom stereocenters. The van der Waals surface area contributed by atoms with Gasteiger partial charge in [-0.25, -0.2) is 4.98 Å². The summed E-state index contributed by atoms with van der Waals surface area (Å²) in [7, 11) is 0. The van der Waals surface area contributed by atoms with Crippen molar-refractivity contribution < 1.29 is 14.3 Å². The molecule has 0 radical (unpaired) electrons. The molecule has 1 aliphatic carbocycles. The average Bonchev–Trinajstić information content (AvgIpc) is 3.41. The number of nitrogens with zero attached hydrogens (tertiary/aromatic N) is 2. The smallest absolute Gasteiger partial charge is 0.223 e. The summed E-state index contributed by atoms with van der Waals surface area (Å²) in [5.74, 6) is 2.90. The number of amides is 1. The zero-order valence-corrected chi connectivity index (χ0v) is 14.7. The van der Waals surface area contributed by atoms with Crippen molar-refractivity contribution in [3.8, 4) is 22.8 Å². The SMILES string of the molecule is O=C1C[C@@H](c2ncc(-c3ccc4c(c3)OCCO4)[nH]2)CN1C1CCCC1. The van der Waals surface area contributed by atoms with Crippen molar-refractivity contribution >= 4 is 5.91 Å². The molecular weight excluding hydrogens is 330 g/mol. The van der Waals surface area contributed by atoms with E-state index in [9.17, 15) is 4.79 Å². The Balaban J connectivity index is 1.35. The highest BCUT2D eigenvalue weighted by atomic mass is 16.6. The van der Waals surface area contributed by atoms with Gasteiger partial charge in [-0.3, -0.25) is 4.79 Å². The van der Waals surface area contributed by atoms with Crippen LogP contribution in [-0.4, -0.2) is 46.6 Å². The maximum atomic E-state index is 12.4. The lowest BCUT2D eigenvalue weighted by Crippen LogP contribution is -2.34. The minimum atomic E-state index is 0.161. The summed E-state index contributed by atoms with van der Waals surface area (Å²) in [5, 5.41) is 0. The highest BCUT2D eigenvalue weighted by Crippen LogP contribution is 2.36. The van der Waals surface area contributed by atoms with Crippen LogP contribution in [0.15, 0.2) is 24.4 Å². The summed E-state index contributed by atoms with van der Waals surface area (Å²) in [6.45, 7) is 1.96. The molecule has 2 aromatic rings. The first kappa shape index (κ1) is 15.7. The summed E-state index contributed by atoms with van der Waals surface area (Å²) < 4.78 is 11.2. The van der Waals surface area contributed by atoms with E-state index in [-0.39, 0.29) is 11.8 Å². The number of H-pyrrole nitrogens is 1. The number of rotatable bonds is 3. The van der Waals surface area contributed by atoms with Gasteiger partial charge in [0.15, 0.2) is 11.5 Å². The summed E-state index contributed by atoms with van der Waals surface area (Å²) in [6, 6.07) is 6.37. The highest BCUT2D eigenvalue weighted by Gasteiger charge is 2.37.